The molecule has 0 bridgehead atoms. The molecule has 4 aromatic carbocycles. The van der Waals surface area contributed by atoms with Gasteiger partial charge in [0.25, 0.3) is 0 Å². The largest absolute Gasteiger partial charge is 0.0995 e. The highest BCUT2D eigenvalue weighted by Gasteiger charge is 2.58. The standard InChI is InChI=1S/C39H44/c1-25(10-11-26-12-13-29-15-14-27-7-6-8-28-16-18-31(26)37(29)36(27)28)33-20-21-34-32-19-17-30-9-4-5-23-38(30,2)35(32)22-24-39(33,34)3/h6-8,12-18,32-35H,1,4-5,9-11,19-24H2,2-3H3. The molecule has 0 N–H and O–H groups in total. The molecule has 0 amide bonds. The van der Waals surface area contributed by atoms with Crippen LogP contribution in [0.5, 0.6) is 0 Å². The average Bonchev–Trinajstić information content (AvgIpc) is 3.32. The summed E-state index contributed by atoms with van der Waals surface area (Å²) in [6, 6.07) is 20.8. The Kier molecular flexibility index (Phi) is 5.40. The van der Waals surface area contributed by atoms with Crippen molar-refractivity contribution in [1.29, 1.82) is 0 Å². The summed E-state index contributed by atoms with van der Waals surface area (Å²) in [5, 5.41) is 8.44. The average molecular weight is 513 g/mol. The fourth-order valence-electron chi connectivity index (χ4n) is 10.9. The van der Waals surface area contributed by atoms with Crippen molar-refractivity contribution in [3.63, 3.8) is 0 Å². The van der Waals surface area contributed by atoms with E-state index < -0.39 is 0 Å². The lowest BCUT2D eigenvalue weighted by Crippen LogP contribution is -2.49. The van der Waals surface area contributed by atoms with Crippen LogP contribution in [0.15, 0.2) is 78.4 Å². The first-order chi connectivity index (χ1) is 19.0. The van der Waals surface area contributed by atoms with Crippen molar-refractivity contribution in [2.75, 3.05) is 0 Å². The molecular formula is C39H44. The van der Waals surface area contributed by atoms with Crippen LogP contribution in [0.1, 0.15) is 83.6 Å². The van der Waals surface area contributed by atoms with Gasteiger partial charge in [-0.1, -0.05) is 98.7 Å². The van der Waals surface area contributed by atoms with Gasteiger partial charge in [-0.3, -0.25) is 0 Å². The van der Waals surface area contributed by atoms with Crippen molar-refractivity contribution >= 4 is 32.3 Å². The third-order valence-electron chi connectivity index (χ3n) is 12.8. The highest BCUT2D eigenvalue weighted by Crippen LogP contribution is 2.67. The first-order valence-corrected chi connectivity index (χ1v) is 16.0. The van der Waals surface area contributed by atoms with Gasteiger partial charge in [0.05, 0.1) is 0 Å². The molecule has 0 heterocycles. The van der Waals surface area contributed by atoms with Crippen molar-refractivity contribution in [2.45, 2.75) is 84.5 Å². The third-order valence-corrected chi connectivity index (χ3v) is 12.8. The summed E-state index contributed by atoms with van der Waals surface area (Å²) in [6.07, 6.45) is 17.7. The maximum atomic E-state index is 4.82. The molecule has 39 heavy (non-hydrogen) atoms. The molecule has 6 atom stereocenters. The Labute approximate surface area is 234 Å². The maximum Gasteiger partial charge on any atom is -0.00240 e. The van der Waals surface area contributed by atoms with Crippen molar-refractivity contribution in [3.8, 4) is 0 Å². The number of fused-ring (bicyclic) bond motifs is 5. The Morgan fingerprint density at radius 1 is 0.821 bits per heavy atom. The lowest BCUT2D eigenvalue weighted by Gasteiger charge is -2.57. The quantitative estimate of drug-likeness (QED) is 0.188. The summed E-state index contributed by atoms with van der Waals surface area (Å²) in [5.74, 6) is 3.43. The Hall–Kier alpha value is -2.60. The second-order valence-electron chi connectivity index (χ2n) is 14.4. The summed E-state index contributed by atoms with van der Waals surface area (Å²) in [6.45, 7) is 10.1. The highest BCUT2D eigenvalue weighted by molar-refractivity contribution is 6.23. The van der Waals surface area contributed by atoms with Crippen LogP contribution in [0.4, 0.5) is 0 Å². The van der Waals surface area contributed by atoms with E-state index in [0.29, 0.717) is 16.7 Å². The first-order valence-electron chi connectivity index (χ1n) is 16.0. The van der Waals surface area contributed by atoms with Gasteiger partial charge in [0.2, 0.25) is 0 Å². The van der Waals surface area contributed by atoms with E-state index in [0.717, 1.165) is 30.6 Å². The van der Waals surface area contributed by atoms with E-state index in [4.69, 9.17) is 6.58 Å². The normalized spacial score (nSPS) is 34.2. The van der Waals surface area contributed by atoms with Crippen molar-refractivity contribution in [2.24, 2.45) is 34.5 Å². The molecule has 6 unspecified atom stereocenters. The predicted molar refractivity (Wildman–Crippen MR) is 167 cm³/mol. The van der Waals surface area contributed by atoms with Gasteiger partial charge in [0.1, 0.15) is 0 Å². The molecule has 0 aromatic heterocycles. The Balaban J connectivity index is 1.05. The number of rotatable bonds is 4. The minimum Gasteiger partial charge on any atom is -0.0995 e. The van der Waals surface area contributed by atoms with Gasteiger partial charge in [-0.25, -0.2) is 0 Å². The summed E-state index contributed by atoms with van der Waals surface area (Å²) >= 11 is 0. The summed E-state index contributed by atoms with van der Waals surface area (Å²) < 4.78 is 0. The van der Waals surface area contributed by atoms with Gasteiger partial charge in [0, 0.05) is 0 Å². The van der Waals surface area contributed by atoms with Crippen LogP contribution >= 0.6 is 0 Å². The Bertz CT molecular complexity index is 1600. The van der Waals surface area contributed by atoms with E-state index in [1.807, 2.05) is 5.57 Å². The molecule has 0 heteroatoms. The minimum atomic E-state index is 0.456. The predicted octanol–water partition coefficient (Wildman–Crippen LogP) is 11.0. The second kappa shape index (κ2) is 8.70. The number of allylic oxidation sites excluding steroid dienone is 3. The fourth-order valence-corrected chi connectivity index (χ4v) is 10.9. The van der Waals surface area contributed by atoms with Crippen LogP contribution in [0.25, 0.3) is 32.3 Å². The van der Waals surface area contributed by atoms with E-state index in [-0.39, 0.29) is 0 Å². The molecular weight excluding hydrogens is 468 g/mol. The fraction of sp³-hybridized carbons (Fsp3) is 0.487. The smallest absolute Gasteiger partial charge is 0.00240 e. The topological polar surface area (TPSA) is 0 Å². The molecule has 8 rings (SSSR count). The monoisotopic (exact) mass is 512 g/mol. The van der Waals surface area contributed by atoms with E-state index in [1.54, 1.807) is 5.57 Å². The molecule has 0 saturated heterocycles. The molecule has 200 valence electrons. The minimum absolute atomic E-state index is 0.456. The SMILES string of the molecule is C=C(CCc1ccc2ccc3cccc4ccc1c2c34)C1CCC2C3CC=C4CCCCC4(C)C3CCC12C. The molecule has 4 aliphatic rings. The zero-order valence-electron chi connectivity index (χ0n) is 24.1. The van der Waals surface area contributed by atoms with Gasteiger partial charge in [-0.15, -0.1) is 0 Å². The molecule has 4 aliphatic carbocycles. The number of benzene rings is 4. The number of aryl methyl sites for hydroxylation is 1. The number of hydrogen-bond acceptors (Lipinski definition) is 0. The van der Waals surface area contributed by atoms with Crippen LogP contribution in [0.3, 0.4) is 0 Å². The van der Waals surface area contributed by atoms with Crippen LogP contribution < -0.4 is 0 Å². The third kappa shape index (κ3) is 3.42. The molecule has 0 radical (unpaired) electrons. The van der Waals surface area contributed by atoms with Crippen LogP contribution in [0, 0.1) is 34.5 Å². The van der Waals surface area contributed by atoms with Crippen LogP contribution in [-0.4, -0.2) is 0 Å². The van der Waals surface area contributed by atoms with Crippen molar-refractivity contribution < 1.29 is 0 Å². The zero-order chi connectivity index (χ0) is 26.4. The van der Waals surface area contributed by atoms with Crippen LogP contribution in [0.2, 0.25) is 0 Å². The zero-order valence-corrected chi connectivity index (χ0v) is 24.1. The molecule has 0 aliphatic heterocycles. The molecule has 4 aromatic rings. The van der Waals surface area contributed by atoms with Crippen LogP contribution in [-0.2, 0) is 6.42 Å². The number of hydrogen-bond donors (Lipinski definition) is 0. The maximum absolute atomic E-state index is 4.82. The van der Waals surface area contributed by atoms with Crippen molar-refractivity contribution in [1.82, 2.24) is 0 Å². The first kappa shape index (κ1) is 24.2. The molecule has 0 nitrogen and oxygen atoms in total. The van der Waals surface area contributed by atoms with Gasteiger partial charge in [0.15, 0.2) is 0 Å². The molecule has 0 spiro atoms. The highest BCUT2D eigenvalue weighted by atomic mass is 14.6. The van der Waals surface area contributed by atoms with Gasteiger partial charge < -0.3 is 0 Å². The van der Waals surface area contributed by atoms with Gasteiger partial charge in [-0.05, 0) is 137 Å². The summed E-state index contributed by atoms with van der Waals surface area (Å²) in [4.78, 5) is 0. The van der Waals surface area contributed by atoms with Gasteiger partial charge >= 0.3 is 0 Å². The lowest BCUT2D eigenvalue weighted by atomic mass is 9.47. The van der Waals surface area contributed by atoms with E-state index >= 15 is 0 Å². The van der Waals surface area contributed by atoms with E-state index in [1.165, 1.54) is 95.7 Å². The van der Waals surface area contributed by atoms with E-state index in [2.05, 4.69) is 74.5 Å². The summed E-state index contributed by atoms with van der Waals surface area (Å²) in [5.41, 5.74) is 5.84. The van der Waals surface area contributed by atoms with E-state index in [9.17, 15) is 0 Å². The Morgan fingerprint density at radius 2 is 1.59 bits per heavy atom. The lowest BCUT2D eigenvalue weighted by molar-refractivity contribution is -0.0363. The van der Waals surface area contributed by atoms with Gasteiger partial charge in [-0.2, -0.15) is 0 Å². The molecule has 3 fully saturated rings. The van der Waals surface area contributed by atoms with Crippen molar-refractivity contribution in [3.05, 3.63) is 84.0 Å². The Morgan fingerprint density at radius 3 is 2.44 bits per heavy atom. The summed E-state index contributed by atoms with van der Waals surface area (Å²) in [7, 11) is 0. The molecule has 3 saturated carbocycles. The second-order valence-corrected chi connectivity index (χ2v) is 14.4.